The smallest absolute Gasteiger partial charge is 0.174 e. The molecule has 0 spiro atoms. The van der Waals surface area contributed by atoms with Gasteiger partial charge in [-0.05, 0) is 23.8 Å². The molecule has 0 amide bonds. The molecule has 2 aromatic carbocycles. The quantitative estimate of drug-likeness (QED) is 0.723. The molecule has 0 radical (unpaired) electrons. The maximum atomic E-state index is 13.6. The van der Waals surface area contributed by atoms with Crippen molar-refractivity contribution in [3.63, 3.8) is 0 Å². The second-order valence-electron chi connectivity index (χ2n) is 4.05. The number of benzene rings is 2. The summed E-state index contributed by atoms with van der Waals surface area (Å²) in [6, 6.07) is 11.6. The number of halogens is 1. The van der Waals surface area contributed by atoms with E-state index >= 15 is 0 Å². The number of hydrogen-bond donors (Lipinski definition) is 1. The van der Waals surface area contributed by atoms with Gasteiger partial charge in [0.05, 0.1) is 10.9 Å². The molecule has 4 nitrogen and oxygen atoms in total. The minimum atomic E-state index is -0.544. The van der Waals surface area contributed by atoms with Gasteiger partial charge in [0.15, 0.2) is 11.4 Å². The van der Waals surface area contributed by atoms with E-state index in [0.29, 0.717) is 27.9 Å². The molecule has 0 atom stereocenters. The van der Waals surface area contributed by atoms with Crippen molar-refractivity contribution in [1.29, 1.82) is 5.26 Å². The van der Waals surface area contributed by atoms with Gasteiger partial charge in [0.25, 0.3) is 0 Å². The van der Waals surface area contributed by atoms with Crippen LogP contribution in [-0.2, 0) is 0 Å². The number of nitrogen functional groups attached to an aromatic ring is 1. The second-order valence-corrected chi connectivity index (χ2v) is 4.05. The maximum absolute atomic E-state index is 13.6. The van der Waals surface area contributed by atoms with Crippen LogP contribution < -0.4 is 5.73 Å². The SMILES string of the molecule is N#Cc1c(F)cccc1-c1ccc2c(N)noc2c1. The molecule has 0 aliphatic rings. The van der Waals surface area contributed by atoms with E-state index in [-0.39, 0.29) is 5.56 Å². The number of hydrogen-bond acceptors (Lipinski definition) is 4. The van der Waals surface area contributed by atoms with E-state index in [2.05, 4.69) is 5.16 Å². The third kappa shape index (κ3) is 1.70. The van der Waals surface area contributed by atoms with Crippen LogP contribution in [0.1, 0.15) is 5.56 Å². The van der Waals surface area contributed by atoms with Gasteiger partial charge in [0.2, 0.25) is 0 Å². The zero-order valence-electron chi connectivity index (χ0n) is 9.72. The summed E-state index contributed by atoms with van der Waals surface area (Å²) in [7, 11) is 0. The number of nitriles is 1. The summed E-state index contributed by atoms with van der Waals surface area (Å²) in [5, 5.41) is 13.4. The number of anilines is 1. The fraction of sp³-hybridized carbons (Fsp3) is 0. The van der Waals surface area contributed by atoms with Gasteiger partial charge in [-0.3, -0.25) is 0 Å². The Morgan fingerprint density at radius 1 is 1.26 bits per heavy atom. The molecule has 0 saturated heterocycles. The summed E-state index contributed by atoms with van der Waals surface area (Å²) in [5.74, 6) is -0.238. The average Bonchev–Trinajstić information content (AvgIpc) is 2.79. The minimum Gasteiger partial charge on any atom is -0.380 e. The van der Waals surface area contributed by atoms with Crippen LogP contribution in [0.3, 0.4) is 0 Å². The number of rotatable bonds is 1. The lowest BCUT2D eigenvalue weighted by Gasteiger charge is -2.04. The highest BCUT2D eigenvalue weighted by Crippen LogP contribution is 2.29. The predicted octanol–water partition coefficient (Wildman–Crippen LogP) is 3.09. The van der Waals surface area contributed by atoms with Crippen LogP contribution >= 0.6 is 0 Å². The zero-order valence-corrected chi connectivity index (χ0v) is 9.72. The first-order valence-electron chi connectivity index (χ1n) is 5.54. The van der Waals surface area contributed by atoms with Gasteiger partial charge in [0, 0.05) is 5.56 Å². The summed E-state index contributed by atoms with van der Waals surface area (Å²) in [6.45, 7) is 0. The van der Waals surface area contributed by atoms with Crippen LogP contribution in [0.25, 0.3) is 22.1 Å². The van der Waals surface area contributed by atoms with Crippen molar-refractivity contribution in [3.05, 3.63) is 47.8 Å². The van der Waals surface area contributed by atoms with Crippen LogP contribution in [0, 0.1) is 17.1 Å². The Bertz CT molecular complexity index is 817. The fourth-order valence-electron chi connectivity index (χ4n) is 2.00. The van der Waals surface area contributed by atoms with Crippen LogP contribution in [-0.4, -0.2) is 5.16 Å². The van der Waals surface area contributed by atoms with Crippen LogP contribution in [0.2, 0.25) is 0 Å². The molecule has 2 N–H and O–H groups in total. The van der Waals surface area contributed by atoms with E-state index < -0.39 is 5.82 Å². The minimum absolute atomic E-state index is 0.00865. The number of fused-ring (bicyclic) bond motifs is 1. The highest BCUT2D eigenvalue weighted by atomic mass is 19.1. The van der Waals surface area contributed by atoms with Gasteiger partial charge in [-0.2, -0.15) is 5.26 Å². The van der Waals surface area contributed by atoms with Crippen LogP contribution in [0.5, 0.6) is 0 Å². The van der Waals surface area contributed by atoms with Crippen molar-refractivity contribution in [2.75, 3.05) is 5.73 Å². The van der Waals surface area contributed by atoms with E-state index in [1.807, 2.05) is 6.07 Å². The lowest BCUT2D eigenvalue weighted by atomic mass is 9.99. The van der Waals surface area contributed by atoms with Crippen molar-refractivity contribution >= 4 is 16.8 Å². The van der Waals surface area contributed by atoms with Crippen molar-refractivity contribution in [2.24, 2.45) is 0 Å². The van der Waals surface area contributed by atoms with Crippen molar-refractivity contribution in [3.8, 4) is 17.2 Å². The van der Waals surface area contributed by atoms with Crippen LogP contribution in [0.15, 0.2) is 40.9 Å². The Morgan fingerprint density at radius 2 is 2.11 bits per heavy atom. The second kappa shape index (κ2) is 4.10. The number of nitrogens with two attached hydrogens (primary N) is 1. The average molecular weight is 253 g/mol. The van der Waals surface area contributed by atoms with Gasteiger partial charge in [0.1, 0.15) is 11.9 Å². The molecule has 0 saturated carbocycles. The predicted molar refractivity (Wildman–Crippen MR) is 68.5 cm³/mol. The first kappa shape index (κ1) is 11.2. The van der Waals surface area contributed by atoms with Gasteiger partial charge in [-0.15, -0.1) is 0 Å². The third-order valence-corrected chi connectivity index (χ3v) is 2.94. The van der Waals surface area contributed by atoms with Gasteiger partial charge in [-0.25, -0.2) is 4.39 Å². The van der Waals surface area contributed by atoms with E-state index in [1.165, 1.54) is 6.07 Å². The Labute approximate surface area is 107 Å². The molecular weight excluding hydrogens is 245 g/mol. The Kier molecular flexibility index (Phi) is 2.43. The molecule has 19 heavy (non-hydrogen) atoms. The summed E-state index contributed by atoms with van der Waals surface area (Å²) >= 11 is 0. The van der Waals surface area contributed by atoms with Crippen molar-refractivity contribution in [1.82, 2.24) is 5.16 Å². The molecular formula is C14H8FN3O. The monoisotopic (exact) mass is 253 g/mol. The Morgan fingerprint density at radius 3 is 2.89 bits per heavy atom. The zero-order chi connectivity index (χ0) is 13.4. The van der Waals surface area contributed by atoms with Crippen molar-refractivity contribution < 1.29 is 8.91 Å². The highest BCUT2D eigenvalue weighted by molar-refractivity contribution is 5.90. The molecule has 92 valence electrons. The number of aromatic nitrogens is 1. The molecule has 3 rings (SSSR count). The van der Waals surface area contributed by atoms with E-state index in [4.69, 9.17) is 15.5 Å². The van der Waals surface area contributed by atoms with E-state index in [0.717, 1.165) is 0 Å². The first-order chi connectivity index (χ1) is 9.20. The van der Waals surface area contributed by atoms with Crippen LogP contribution in [0.4, 0.5) is 10.2 Å². The summed E-state index contributed by atoms with van der Waals surface area (Å²) in [6.07, 6.45) is 0. The molecule has 0 unspecified atom stereocenters. The lowest BCUT2D eigenvalue weighted by Crippen LogP contribution is -1.89. The number of nitrogens with zero attached hydrogens (tertiary/aromatic N) is 2. The molecule has 0 fully saturated rings. The molecule has 0 aliphatic heterocycles. The molecule has 3 aromatic rings. The van der Waals surface area contributed by atoms with Gasteiger partial charge >= 0.3 is 0 Å². The maximum Gasteiger partial charge on any atom is 0.174 e. The Balaban J connectivity index is 2.25. The van der Waals surface area contributed by atoms with Gasteiger partial charge in [-0.1, -0.05) is 23.4 Å². The van der Waals surface area contributed by atoms with Gasteiger partial charge < -0.3 is 10.3 Å². The topological polar surface area (TPSA) is 75.8 Å². The Hall–Kier alpha value is -2.87. The first-order valence-corrected chi connectivity index (χ1v) is 5.54. The van der Waals surface area contributed by atoms with Crippen molar-refractivity contribution in [2.45, 2.75) is 0 Å². The third-order valence-electron chi connectivity index (χ3n) is 2.94. The molecule has 0 bridgehead atoms. The largest absolute Gasteiger partial charge is 0.380 e. The fourth-order valence-corrected chi connectivity index (χ4v) is 2.00. The van der Waals surface area contributed by atoms with E-state index in [9.17, 15) is 4.39 Å². The highest BCUT2D eigenvalue weighted by Gasteiger charge is 2.12. The summed E-state index contributed by atoms with van der Waals surface area (Å²) < 4.78 is 18.6. The molecule has 5 heteroatoms. The molecule has 0 aliphatic carbocycles. The lowest BCUT2D eigenvalue weighted by molar-refractivity contribution is 0.460. The molecule has 1 aromatic heterocycles. The summed E-state index contributed by atoms with van der Waals surface area (Å²) in [4.78, 5) is 0. The van der Waals surface area contributed by atoms with E-state index in [1.54, 1.807) is 30.3 Å². The summed E-state index contributed by atoms with van der Waals surface area (Å²) in [5.41, 5.74) is 7.33. The molecule has 1 heterocycles. The standard InChI is InChI=1S/C14H8FN3O/c15-12-3-1-2-9(11(12)7-16)8-4-5-10-13(6-8)19-18-14(10)17/h1-6H,(H2,17,18). The normalized spacial score (nSPS) is 10.5.